The summed E-state index contributed by atoms with van der Waals surface area (Å²) in [5.74, 6) is 1.16. The maximum atomic E-state index is 12.5. The van der Waals surface area contributed by atoms with Crippen molar-refractivity contribution in [3.05, 3.63) is 65.7 Å². The zero-order chi connectivity index (χ0) is 16.3. The Morgan fingerprint density at radius 1 is 1.09 bits per heavy atom. The molecule has 0 spiro atoms. The second-order valence-corrected chi connectivity index (χ2v) is 7.70. The van der Waals surface area contributed by atoms with Crippen molar-refractivity contribution in [2.75, 3.05) is 7.11 Å². The van der Waals surface area contributed by atoms with Gasteiger partial charge < -0.3 is 4.74 Å². The molecule has 0 heterocycles. The Morgan fingerprint density at radius 3 is 2.30 bits per heavy atom. The Bertz CT molecular complexity index is 738. The van der Waals surface area contributed by atoms with Crippen molar-refractivity contribution in [2.24, 2.45) is 5.92 Å². The van der Waals surface area contributed by atoms with Gasteiger partial charge in [-0.2, -0.15) is 0 Å². The SMILES string of the molecule is COc1ccc(C(NS(=O)(=O)Cc2ccccc2)C2CC2)cc1. The summed E-state index contributed by atoms with van der Waals surface area (Å²) in [4.78, 5) is 0. The first-order valence-corrected chi connectivity index (χ1v) is 9.40. The minimum atomic E-state index is -3.38. The zero-order valence-corrected chi connectivity index (χ0v) is 13.9. The predicted molar refractivity (Wildman–Crippen MR) is 90.7 cm³/mol. The van der Waals surface area contributed by atoms with Crippen molar-refractivity contribution >= 4 is 10.0 Å². The van der Waals surface area contributed by atoms with Crippen LogP contribution < -0.4 is 9.46 Å². The molecule has 3 rings (SSSR count). The van der Waals surface area contributed by atoms with Crippen LogP contribution in [0.4, 0.5) is 0 Å². The Labute approximate surface area is 137 Å². The molecule has 0 saturated heterocycles. The van der Waals surface area contributed by atoms with E-state index in [1.807, 2.05) is 54.6 Å². The molecule has 23 heavy (non-hydrogen) atoms. The second-order valence-electron chi connectivity index (χ2n) is 5.95. The summed E-state index contributed by atoms with van der Waals surface area (Å²) in [7, 11) is -1.76. The molecule has 0 aromatic heterocycles. The van der Waals surface area contributed by atoms with Gasteiger partial charge in [0.2, 0.25) is 10.0 Å². The third-order valence-electron chi connectivity index (χ3n) is 4.07. The van der Waals surface area contributed by atoms with Crippen LogP contribution >= 0.6 is 0 Å². The Morgan fingerprint density at radius 2 is 1.74 bits per heavy atom. The molecular weight excluding hydrogens is 310 g/mol. The molecule has 0 radical (unpaired) electrons. The van der Waals surface area contributed by atoms with Gasteiger partial charge in [0, 0.05) is 6.04 Å². The third-order valence-corrected chi connectivity index (χ3v) is 5.40. The highest BCUT2D eigenvalue weighted by Crippen LogP contribution is 2.41. The molecule has 1 atom stereocenters. The van der Waals surface area contributed by atoms with Gasteiger partial charge in [-0.25, -0.2) is 13.1 Å². The zero-order valence-electron chi connectivity index (χ0n) is 13.1. The van der Waals surface area contributed by atoms with Gasteiger partial charge >= 0.3 is 0 Å². The minimum absolute atomic E-state index is 0.00716. The fourth-order valence-electron chi connectivity index (χ4n) is 2.71. The monoisotopic (exact) mass is 331 g/mol. The van der Waals surface area contributed by atoms with Crippen molar-refractivity contribution in [1.82, 2.24) is 4.72 Å². The van der Waals surface area contributed by atoms with Gasteiger partial charge in [0.25, 0.3) is 0 Å². The lowest BCUT2D eigenvalue weighted by molar-refractivity contribution is 0.414. The van der Waals surface area contributed by atoms with E-state index in [1.165, 1.54) is 0 Å². The maximum Gasteiger partial charge on any atom is 0.216 e. The van der Waals surface area contributed by atoms with E-state index in [0.717, 1.165) is 29.7 Å². The number of sulfonamides is 1. The highest BCUT2D eigenvalue weighted by atomic mass is 32.2. The first kappa shape index (κ1) is 16.0. The van der Waals surface area contributed by atoms with E-state index in [1.54, 1.807) is 7.11 Å². The summed E-state index contributed by atoms with van der Waals surface area (Å²) in [5.41, 5.74) is 1.79. The average Bonchev–Trinajstić information content (AvgIpc) is 3.38. The van der Waals surface area contributed by atoms with E-state index in [9.17, 15) is 8.42 Å². The summed E-state index contributed by atoms with van der Waals surface area (Å²) in [5, 5.41) is 0. The number of methoxy groups -OCH3 is 1. The number of ether oxygens (including phenoxy) is 1. The van der Waals surface area contributed by atoms with Crippen molar-refractivity contribution < 1.29 is 13.2 Å². The number of nitrogens with one attached hydrogen (secondary N) is 1. The lowest BCUT2D eigenvalue weighted by Crippen LogP contribution is -2.31. The van der Waals surface area contributed by atoms with Crippen LogP contribution in [0.25, 0.3) is 0 Å². The molecule has 1 fully saturated rings. The summed E-state index contributed by atoms with van der Waals surface area (Å²) in [6.45, 7) is 0. The van der Waals surface area contributed by atoms with E-state index in [-0.39, 0.29) is 11.8 Å². The predicted octanol–water partition coefficient (Wildman–Crippen LogP) is 3.27. The topological polar surface area (TPSA) is 55.4 Å². The van der Waals surface area contributed by atoms with E-state index in [4.69, 9.17) is 4.74 Å². The van der Waals surface area contributed by atoms with Crippen molar-refractivity contribution in [3.63, 3.8) is 0 Å². The molecule has 2 aromatic rings. The van der Waals surface area contributed by atoms with E-state index >= 15 is 0 Å². The standard InChI is InChI=1S/C18H21NO3S/c1-22-17-11-9-16(10-12-17)18(15-7-8-15)19-23(20,21)13-14-5-3-2-4-6-14/h2-6,9-12,15,18-19H,7-8,13H2,1H3. The van der Waals surface area contributed by atoms with Gasteiger partial charge in [-0.1, -0.05) is 42.5 Å². The molecule has 5 heteroatoms. The minimum Gasteiger partial charge on any atom is -0.497 e. The summed E-state index contributed by atoms with van der Waals surface area (Å²) in [6.07, 6.45) is 2.12. The number of hydrogen-bond donors (Lipinski definition) is 1. The first-order valence-electron chi connectivity index (χ1n) is 7.75. The smallest absolute Gasteiger partial charge is 0.216 e. The highest BCUT2D eigenvalue weighted by Gasteiger charge is 2.35. The van der Waals surface area contributed by atoms with Crippen LogP contribution in [0.5, 0.6) is 5.75 Å². The van der Waals surface area contributed by atoms with Gasteiger partial charge in [-0.3, -0.25) is 0 Å². The van der Waals surface area contributed by atoms with Crippen LogP contribution in [0, 0.1) is 5.92 Å². The van der Waals surface area contributed by atoms with Crippen molar-refractivity contribution in [3.8, 4) is 5.75 Å². The van der Waals surface area contributed by atoms with E-state index in [2.05, 4.69) is 4.72 Å². The average molecular weight is 331 g/mol. The maximum absolute atomic E-state index is 12.5. The summed E-state index contributed by atoms with van der Waals surface area (Å²) >= 11 is 0. The molecule has 0 amide bonds. The number of hydrogen-bond acceptors (Lipinski definition) is 3. The molecule has 1 N–H and O–H groups in total. The van der Waals surface area contributed by atoms with Crippen LogP contribution in [0.3, 0.4) is 0 Å². The second kappa shape index (κ2) is 6.72. The van der Waals surface area contributed by atoms with Crippen molar-refractivity contribution in [2.45, 2.75) is 24.6 Å². The molecule has 2 aromatic carbocycles. The van der Waals surface area contributed by atoms with Crippen LogP contribution in [0.1, 0.15) is 30.0 Å². The molecular formula is C18H21NO3S. The summed E-state index contributed by atoms with van der Waals surface area (Å²) in [6, 6.07) is 16.7. The molecule has 1 saturated carbocycles. The normalized spacial score (nSPS) is 16.0. The van der Waals surface area contributed by atoms with Gasteiger partial charge in [-0.15, -0.1) is 0 Å². The molecule has 1 aliphatic rings. The molecule has 122 valence electrons. The van der Waals surface area contributed by atoms with Crippen LogP contribution in [0.2, 0.25) is 0 Å². The molecule has 1 aliphatic carbocycles. The largest absolute Gasteiger partial charge is 0.497 e. The van der Waals surface area contributed by atoms with Crippen molar-refractivity contribution in [1.29, 1.82) is 0 Å². The van der Waals surface area contributed by atoms with Gasteiger partial charge in [-0.05, 0) is 42.0 Å². The van der Waals surface area contributed by atoms with E-state index in [0.29, 0.717) is 5.92 Å². The van der Waals surface area contributed by atoms with Gasteiger partial charge in [0.05, 0.1) is 12.9 Å². The van der Waals surface area contributed by atoms with Gasteiger partial charge in [0.15, 0.2) is 0 Å². The molecule has 4 nitrogen and oxygen atoms in total. The third kappa shape index (κ3) is 4.33. The quantitative estimate of drug-likeness (QED) is 0.847. The fraction of sp³-hybridized carbons (Fsp3) is 0.333. The van der Waals surface area contributed by atoms with Crippen LogP contribution in [-0.2, 0) is 15.8 Å². The Hall–Kier alpha value is -1.85. The lowest BCUT2D eigenvalue weighted by atomic mass is 10.0. The molecule has 1 unspecified atom stereocenters. The Balaban J connectivity index is 1.76. The molecule has 0 aliphatic heterocycles. The highest BCUT2D eigenvalue weighted by molar-refractivity contribution is 7.88. The van der Waals surface area contributed by atoms with Gasteiger partial charge in [0.1, 0.15) is 5.75 Å². The number of rotatable bonds is 7. The first-order chi connectivity index (χ1) is 11.1. The number of benzene rings is 2. The van der Waals surface area contributed by atoms with Crippen LogP contribution in [-0.4, -0.2) is 15.5 Å². The Kier molecular flexibility index (Phi) is 4.68. The fourth-order valence-corrected chi connectivity index (χ4v) is 4.14. The lowest BCUT2D eigenvalue weighted by Gasteiger charge is -2.19. The van der Waals surface area contributed by atoms with Crippen LogP contribution in [0.15, 0.2) is 54.6 Å². The van der Waals surface area contributed by atoms with E-state index < -0.39 is 10.0 Å². The summed E-state index contributed by atoms with van der Waals surface area (Å²) < 4.78 is 33.1. The molecule has 0 bridgehead atoms.